The predicted molar refractivity (Wildman–Crippen MR) is 114 cm³/mol. The van der Waals surface area contributed by atoms with Crippen molar-refractivity contribution >= 4 is 43.7 Å². The molecule has 3 aliphatic carbocycles. The molecule has 2 aromatic carbocycles. The number of nitrogens with zero attached hydrogens (tertiary/aromatic N) is 1. The minimum absolute atomic E-state index is 0.149. The number of benzene rings is 2. The highest BCUT2D eigenvalue weighted by Gasteiger charge is 2.72. The normalized spacial score (nSPS) is 31.6. The standard InChI is InChI=1S/C23H15Br2NO3/c24-22-14-7-1-2-8-15(14)23(25,17-10-4-3-9-16(17)22)19-18(22)20(27)26(21(19)28)12-13-6-5-11-29-13/h1-11,18-19H,12H2/t18-,19-,22?,23?/m0/s1. The third-order valence-electron chi connectivity index (χ3n) is 6.57. The Hall–Kier alpha value is -2.18. The molecule has 6 heteroatoms. The lowest BCUT2D eigenvalue weighted by atomic mass is 9.54. The van der Waals surface area contributed by atoms with Crippen LogP contribution in [0.3, 0.4) is 0 Å². The lowest BCUT2D eigenvalue weighted by Gasteiger charge is -2.55. The Morgan fingerprint density at radius 2 is 1.21 bits per heavy atom. The Morgan fingerprint density at radius 3 is 1.59 bits per heavy atom. The zero-order valence-corrected chi connectivity index (χ0v) is 18.3. The van der Waals surface area contributed by atoms with Gasteiger partial charge >= 0.3 is 0 Å². The van der Waals surface area contributed by atoms with Crippen molar-refractivity contribution in [3.63, 3.8) is 0 Å². The summed E-state index contributed by atoms with van der Waals surface area (Å²) in [4.78, 5) is 28.7. The highest BCUT2D eigenvalue weighted by molar-refractivity contribution is 9.10. The first-order valence-electron chi connectivity index (χ1n) is 9.44. The molecular formula is C23H15Br2NO3. The Kier molecular flexibility index (Phi) is 3.47. The third kappa shape index (κ3) is 1.94. The molecule has 1 fully saturated rings. The Labute approximate surface area is 184 Å². The van der Waals surface area contributed by atoms with Crippen molar-refractivity contribution in [1.82, 2.24) is 4.90 Å². The van der Waals surface area contributed by atoms with Gasteiger partial charge in [0.1, 0.15) is 5.76 Å². The molecule has 3 aromatic rings. The first-order chi connectivity index (χ1) is 14.0. The molecule has 4 aliphatic rings. The van der Waals surface area contributed by atoms with Crippen molar-refractivity contribution in [3.8, 4) is 0 Å². The number of rotatable bonds is 2. The van der Waals surface area contributed by atoms with Crippen LogP contribution in [-0.2, 0) is 24.8 Å². The number of likely N-dealkylation sites (tertiary alicyclic amines) is 1. The fraction of sp³-hybridized carbons (Fsp3) is 0.217. The van der Waals surface area contributed by atoms with Crippen LogP contribution in [-0.4, -0.2) is 16.7 Å². The SMILES string of the molecule is O=C1[C@@H]2[C@@H](C(=O)N1Cc1ccco1)C1(Br)c3ccccc3C2(Br)c2ccccc21. The molecule has 29 heavy (non-hydrogen) atoms. The van der Waals surface area contributed by atoms with Crippen molar-refractivity contribution < 1.29 is 14.0 Å². The summed E-state index contributed by atoms with van der Waals surface area (Å²) in [6.45, 7) is 0.149. The summed E-state index contributed by atoms with van der Waals surface area (Å²) in [6, 6.07) is 19.7. The first-order valence-corrected chi connectivity index (χ1v) is 11.0. The summed E-state index contributed by atoms with van der Waals surface area (Å²) in [5.41, 5.74) is 4.16. The number of amides is 2. The Bertz CT molecular complexity index is 1060. The second kappa shape index (κ2) is 5.70. The number of furan rings is 1. The van der Waals surface area contributed by atoms with Gasteiger partial charge in [-0.25, -0.2) is 0 Å². The molecule has 1 aliphatic heterocycles. The van der Waals surface area contributed by atoms with Crippen LogP contribution in [0, 0.1) is 11.8 Å². The van der Waals surface area contributed by atoms with E-state index in [9.17, 15) is 9.59 Å². The van der Waals surface area contributed by atoms with Crippen LogP contribution in [0.1, 0.15) is 28.0 Å². The molecule has 2 atom stereocenters. The van der Waals surface area contributed by atoms with E-state index in [0.29, 0.717) is 5.76 Å². The third-order valence-corrected chi connectivity index (χ3v) is 9.27. The summed E-state index contributed by atoms with van der Waals surface area (Å²) >= 11 is 7.98. The van der Waals surface area contributed by atoms with E-state index in [0.717, 1.165) is 22.3 Å². The van der Waals surface area contributed by atoms with Crippen LogP contribution >= 0.6 is 31.9 Å². The Balaban J connectivity index is 1.62. The van der Waals surface area contributed by atoms with Gasteiger partial charge in [0.2, 0.25) is 11.8 Å². The molecule has 0 N–H and O–H groups in total. The maximum atomic E-state index is 13.6. The van der Waals surface area contributed by atoms with Gasteiger partial charge in [0.05, 0.1) is 33.3 Å². The largest absolute Gasteiger partial charge is 0.467 e. The molecule has 4 nitrogen and oxygen atoms in total. The fourth-order valence-electron chi connectivity index (χ4n) is 5.44. The van der Waals surface area contributed by atoms with Crippen LogP contribution < -0.4 is 0 Å². The molecule has 144 valence electrons. The van der Waals surface area contributed by atoms with Gasteiger partial charge in [-0.3, -0.25) is 14.5 Å². The molecule has 0 radical (unpaired) electrons. The quantitative estimate of drug-likeness (QED) is 0.370. The summed E-state index contributed by atoms with van der Waals surface area (Å²) < 4.78 is 3.93. The van der Waals surface area contributed by atoms with Crippen LogP contribution in [0.5, 0.6) is 0 Å². The van der Waals surface area contributed by atoms with E-state index in [1.54, 1.807) is 18.4 Å². The van der Waals surface area contributed by atoms with Crippen LogP contribution in [0.4, 0.5) is 0 Å². The predicted octanol–water partition coefficient (Wildman–Crippen LogP) is 4.69. The lowest BCUT2D eigenvalue weighted by Crippen LogP contribution is -2.56. The second-order valence-electron chi connectivity index (χ2n) is 7.81. The highest BCUT2D eigenvalue weighted by Crippen LogP contribution is 2.70. The summed E-state index contributed by atoms with van der Waals surface area (Å²) in [5.74, 6) is -0.801. The Morgan fingerprint density at radius 1 is 0.759 bits per heavy atom. The van der Waals surface area contributed by atoms with Crippen molar-refractivity contribution in [2.24, 2.45) is 11.8 Å². The van der Waals surface area contributed by atoms with E-state index in [2.05, 4.69) is 56.1 Å². The topological polar surface area (TPSA) is 50.5 Å². The van der Waals surface area contributed by atoms with Crippen molar-refractivity contribution in [2.75, 3.05) is 0 Å². The maximum Gasteiger partial charge on any atom is 0.235 e. The molecule has 0 spiro atoms. The average Bonchev–Trinajstić information content (AvgIpc) is 3.34. The van der Waals surface area contributed by atoms with E-state index in [1.807, 2.05) is 24.3 Å². The molecule has 1 aromatic heterocycles. The number of carbonyl (C=O) groups is 2. The number of halogens is 2. The monoisotopic (exact) mass is 511 g/mol. The van der Waals surface area contributed by atoms with Crippen molar-refractivity contribution in [3.05, 3.63) is 94.9 Å². The summed E-state index contributed by atoms with van der Waals surface area (Å²) in [6.07, 6.45) is 1.56. The number of imide groups is 1. The van der Waals surface area contributed by atoms with E-state index >= 15 is 0 Å². The smallest absolute Gasteiger partial charge is 0.235 e. The van der Waals surface area contributed by atoms with Gasteiger partial charge in [-0.2, -0.15) is 0 Å². The molecule has 1 saturated heterocycles. The van der Waals surface area contributed by atoms with Gasteiger partial charge in [0, 0.05) is 0 Å². The molecule has 2 amide bonds. The molecule has 7 rings (SSSR count). The van der Waals surface area contributed by atoms with Crippen molar-refractivity contribution in [1.29, 1.82) is 0 Å². The maximum absolute atomic E-state index is 13.6. The second-order valence-corrected chi connectivity index (χ2v) is 10.3. The zero-order valence-electron chi connectivity index (χ0n) is 15.1. The molecule has 2 bridgehead atoms. The van der Waals surface area contributed by atoms with Gasteiger partial charge in [0.25, 0.3) is 0 Å². The fourth-order valence-corrected chi connectivity index (χ4v) is 7.74. The van der Waals surface area contributed by atoms with Gasteiger partial charge in [-0.1, -0.05) is 80.4 Å². The number of carbonyl (C=O) groups excluding carboxylic acids is 2. The minimum Gasteiger partial charge on any atom is -0.467 e. The summed E-state index contributed by atoms with van der Waals surface area (Å²) in [5, 5.41) is 0. The zero-order chi connectivity index (χ0) is 20.0. The number of hydrogen-bond acceptors (Lipinski definition) is 3. The molecule has 0 unspecified atom stereocenters. The van der Waals surface area contributed by atoms with E-state index in [4.69, 9.17) is 4.42 Å². The minimum atomic E-state index is -0.745. The highest BCUT2D eigenvalue weighted by atomic mass is 79.9. The molecule has 2 heterocycles. The lowest BCUT2D eigenvalue weighted by molar-refractivity contribution is -0.141. The van der Waals surface area contributed by atoms with Crippen LogP contribution in [0.25, 0.3) is 0 Å². The molecule has 0 saturated carbocycles. The first kappa shape index (κ1) is 17.7. The number of alkyl halides is 2. The van der Waals surface area contributed by atoms with Gasteiger partial charge in [-0.15, -0.1) is 0 Å². The van der Waals surface area contributed by atoms with E-state index in [1.165, 1.54) is 4.90 Å². The summed E-state index contributed by atoms with van der Waals surface area (Å²) in [7, 11) is 0. The van der Waals surface area contributed by atoms with Crippen molar-refractivity contribution in [2.45, 2.75) is 15.2 Å². The van der Waals surface area contributed by atoms with Gasteiger partial charge < -0.3 is 4.42 Å². The van der Waals surface area contributed by atoms with E-state index < -0.39 is 20.5 Å². The average molecular weight is 513 g/mol. The van der Waals surface area contributed by atoms with Gasteiger partial charge in [-0.05, 0) is 34.4 Å². The number of hydrogen-bond donors (Lipinski definition) is 0. The van der Waals surface area contributed by atoms with Gasteiger partial charge in [0.15, 0.2) is 0 Å². The molecular weight excluding hydrogens is 498 g/mol. The van der Waals surface area contributed by atoms with Crippen LogP contribution in [0.15, 0.2) is 71.3 Å². The van der Waals surface area contributed by atoms with E-state index in [-0.39, 0.29) is 18.4 Å². The van der Waals surface area contributed by atoms with Crippen LogP contribution in [0.2, 0.25) is 0 Å².